The Morgan fingerprint density at radius 2 is 1.67 bits per heavy atom. The molecule has 1 aliphatic rings. The van der Waals surface area contributed by atoms with Gasteiger partial charge in [0, 0.05) is 5.56 Å². The molecule has 1 atom stereocenters. The van der Waals surface area contributed by atoms with E-state index in [2.05, 4.69) is 5.32 Å². The first kappa shape index (κ1) is 15.6. The van der Waals surface area contributed by atoms with Gasteiger partial charge in [0.15, 0.2) is 11.5 Å². The Bertz CT molecular complexity index is 514. The minimum atomic E-state index is -0.414. The van der Waals surface area contributed by atoms with Crippen molar-refractivity contribution in [2.75, 3.05) is 27.9 Å². The molecule has 21 heavy (non-hydrogen) atoms. The maximum atomic E-state index is 12.2. The number of rotatable bonds is 4. The summed E-state index contributed by atoms with van der Waals surface area (Å²) >= 11 is 0. The third-order valence-corrected chi connectivity index (χ3v) is 4.32. The van der Waals surface area contributed by atoms with Crippen LogP contribution in [0.4, 0.5) is 0 Å². The predicted molar refractivity (Wildman–Crippen MR) is 79.0 cm³/mol. The average Bonchev–Trinajstić information content (AvgIpc) is 2.48. The lowest BCUT2D eigenvalue weighted by Crippen LogP contribution is -2.90. The van der Waals surface area contributed by atoms with Crippen molar-refractivity contribution in [1.29, 1.82) is 0 Å². The van der Waals surface area contributed by atoms with Crippen LogP contribution in [0.15, 0.2) is 12.1 Å². The fourth-order valence-electron chi connectivity index (χ4n) is 3.01. The van der Waals surface area contributed by atoms with E-state index in [1.807, 2.05) is 26.0 Å². The highest BCUT2D eigenvalue weighted by atomic mass is 16.5. The fraction of sp³-hybridized carbons (Fsp3) is 0.562. The zero-order chi connectivity index (χ0) is 15.6. The monoisotopic (exact) mass is 294 g/mol. The number of benzene rings is 1. The SMILES string of the molecule is COc1cc([C@H]2[NH2+]CCC(=O)C2(C)C)cc(OC)c1OC. The van der Waals surface area contributed by atoms with Gasteiger partial charge in [0.1, 0.15) is 11.8 Å². The lowest BCUT2D eigenvalue weighted by Gasteiger charge is -2.35. The van der Waals surface area contributed by atoms with Crippen molar-refractivity contribution in [1.82, 2.24) is 0 Å². The van der Waals surface area contributed by atoms with Crippen LogP contribution in [0, 0.1) is 5.41 Å². The van der Waals surface area contributed by atoms with E-state index in [0.29, 0.717) is 29.5 Å². The molecule has 0 radical (unpaired) electrons. The molecule has 5 heteroatoms. The van der Waals surface area contributed by atoms with E-state index in [-0.39, 0.29) is 6.04 Å². The van der Waals surface area contributed by atoms with Gasteiger partial charge in [-0.15, -0.1) is 0 Å². The number of carbonyl (C=O) groups is 1. The number of nitrogens with two attached hydrogens (primary N) is 1. The Morgan fingerprint density at radius 1 is 1.10 bits per heavy atom. The van der Waals surface area contributed by atoms with Crippen molar-refractivity contribution in [2.45, 2.75) is 26.3 Å². The molecule has 1 heterocycles. The molecule has 1 aliphatic heterocycles. The topological polar surface area (TPSA) is 61.4 Å². The summed E-state index contributed by atoms with van der Waals surface area (Å²) in [6.07, 6.45) is 0.619. The van der Waals surface area contributed by atoms with Crippen LogP contribution in [0.3, 0.4) is 0 Å². The van der Waals surface area contributed by atoms with Crippen molar-refractivity contribution in [3.05, 3.63) is 17.7 Å². The van der Waals surface area contributed by atoms with E-state index < -0.39 is 5.41 Å². The molecule has 5 nitrogen and oxygen atoms in total. The summed E-state index contributed by atoms with van der Waals surface area (Å²) in [5, 5.41) is 2.21. The molecule has 0 unspecified atom stereocenters. The van der Waals surface area contributed by atoms with Gasteiger partial charge in [-0.1, -0.05) is 0 Å². The molecule has 2 rings (SSSR count). The third kappa shape index (κ3) is 2.70. The van der Waals surface area contributed by atoms with E-state index in [0.717, 1.165) is 12.1 Å². The van der Waals surface area contributed by atoms with Crippen LogP contribution in [-0.2, 0) is 4.79 Å². The lowest BCUT2D eigenvalue weighted by molar-refractivity contribution is -0.710. The quantitative estimate of drug-likeness (QED) is 0.909. The number of hydrogen-bond acceptors (Lipinski definition) is 4. The van der Waals surface area contributed by atoms with Crippen LogP contribution in [-0.4, -0.2) is 33.7 Å². The molecule has 0 bridgehead atoms. The number of quaternary nitrogens is 1. The molecule has 0 spiro atoms. The smallest absolute Gasteiger partial charge is 0.203 e. The first-order valence-electron chi connectivity index (χ1n) is 7.12. The number of piperidine rings is 1. The summed E-state index contributed by atoms with van der Waals surface area (Å²) in [6.45, 7) is 4.81. The van der Waals surface area contributed by atoms with Gasteiger partial charge < -0.3 is 19.5 Å². The Hall–Kier alpha value is -1.75. The number of ether oxygens (including phenoxy) is 3. The van der Waals surface area contributed by atoms with Crippen LogP contribution >= 0.6 is 0 Å². The first-order valence-corrected chi connectivity index (χ1v) is 7.12. The summed E-state index contributed by atoms with van der Waals surface area (Å²) in [6, 6.07) is 3.92. The van der Waals surface area contributed by atoms with Gasteiger partial charge in [0.25, 0.3) is 0 Å². The summed E-state index contributed by atoms with van der Waals surface area (Å²) in [5.41, 5.74) is 0.602. The molecule has 2 N–H and O–H groups in total. The largest absolute Gasteiger partial charge is 0.493 e. The van der Waals surface area contributed by atoms with E-state index in [1.54, 1.807) is 21.3 Å². The van der Waals surface area contributed by atoms with Crippen LogP contribution < -0.4 is 19.5 Å². The van der Waals surface area contributed by atoms with Crippen molar-refractivity contribution < 1.29 is 24.3 Å². The maximum absolute atomic E-state index is 12.2. The Kier molecular flexibility index (Phi) is 4.42. The Morgan fingerprint density at radius 3 is 2.14 bits per heavy atom. The van der Waals surface area contributed by atoms with Gasteiger partial charge >= 0.3 is 0 Å². The van der Waals surface area contributed by atoms with Gasteiger partial charge in [-0.25, -0.2) is 0 Å². The average molecular weight is 294 g/mol. The van der Waals surface area contributed by atoms with Gasteiger partial charge in [0.2, 0.25) is 5.75 Å². The van der Waals surface area contributed by atoms with E-state index in [9.17, 15) is 4.79 Å². The highest BCUT2D eigenvalue weighted by molar-refractivity contribution is 5.85. The number of ketones is 1. The number of hydrogen-bond donors (Lipinski definition) is 1. The first-order chi connectivity index (χ1) is 9.95. The molecule has 116 valence electrons. The normalized spacial score (nSPS) is 21.0. The minimum absolute atomic E-state index is 0.0486. The van der Waals surface area contributed by atoms with E-state index in [4.69, 9.17) is 14.2 Å². The second-order valence-electron chi connectivity index (χ2n) is 5.86. The third-order valence-electron chi connectivity index (χ3n) is 4.32. The Balaban J connectivity index is 2.51. The van der Waals surface area contributed by atoms with Crippen LogP contribution in [0.5, 0.6) is 17.2 Å². The highest BCUT2D eigenvalue weighted by Gasteiger charge is 2.44. The summed E-state index contributed by atoms with van der Waals surface area (Å²) in [4.78, 5) is 12.2. The Labute approximate surface area is 125 Å². The van der Waals surface area contributed by atoms with Gasteiger partial charge in [0.05, 0.1) is 39.7 Å². The van der Waals surface area contributed by atoms with E-state index >= 15 is 0 Å². The second kappa shape index (κ2) is 5.93. The summed E-state index contributed by atoms with van der Waals surface area (Å²) in [7, 11) is 4.78. The molecule has 1 saturated heterocycles. The molecule has 0 saturated carbocycles. The van der Waals surface area contributed by atoms with Gasteiger partial charge in [-0.05, 0) is 26.0 Å². The molecule has 0 aliphatic carbocycles. The molecule has 1 fully saturated rings. The van der Waals surface area contributed by atoms with Crippen LogP contribution in [0.25, 0.3) is 0 Å². The molecular weight excluding hydrogens is 270 g/mol. The van der Waals surface area contributed by atoms with Gasteiger partial charge in [-0.2, -0.15) is 0 Å². The molecule has 0 amide bonds. The number of Topliss-reactive ketones (excluding diaryl/α,β-unsaturated/α-hetero) is 1. The van der Waals surface area contributed by atoms with Crippen LogP contribution in [0.2, 0.25) is 0 Å². The highest BCUT2D eigenvalue weighted by Crippen LogP contribution is 2.43. The fourth-order valence-corrected chi connectivity index (χ4v) is 3.01. The van der Waals surface area contributed by atoms with E-state index in [1.165, 1.54) is 0 Å². The van der Waals surface area contributed by atoms with Crippen LogP contribution in [0.1, 0.15) is 31.9 Å². The van der Waals surface area contributed by atoms with Crippen molar-refractivity contribution >= 4 is 5.78 Å². The summed E-state index contributed by atoms with van der Waals surface area (Å²) < 4.78 is 16.1. The zero-order valence-corrected chi connectivity index (χ0v) is 13.4. The minimum Gasteiger partial charge on any atom is -0.493 e. The molecule has 0 aromatic heterocycles. The lowest BCUT2D eigenvalue weighted by atomic mass is 9.73. The standard InChI is InChI=1S/C16H23NO4/c1-16(2)13(18)6-7-17-15(16)10-8-11(19-3)14(21-5)12(9-10)20-4/h8-9,15,17H,6-7H2,1-5H3/p+1/t15-/m1/s1. The molecule has 1 aromatic carbocycles. The molecule has 1 aromatic rings. The van der Waals surface area contributed by atoms with Crippen molar-refractivity contribution in [3.8, 4) is 17.2 Å². The molecular formula is C16H24NO4+. The number of carbonyl (C=O) groups excluding carboxylic acids is 1. The maximum Gasteiger partial charge on any atom is 0.203 e. The second-order valence-corrected chi connectivity index (χ2v) is 5.86. The summed E-state index contributed by atoms with van der Waals surface area (Å²) in [5.74, 6) is 2.11. The van der Waals surface area contributed by atoms with Crippen molar-refractivity contribution in [2.24, 2.45) is 5.41 Å². The number of methoxy groups -OCH3 is 3. The zero-order valence-electron chi connectivity index (χ0n) is 13.4. The predicted octanol–water partition coefficient (Wildman–Crippen LogP) is 1.32. The van der Waals surface area contributed by atoms with Gasteiger partial charge in [-0.3, -0.25) is 4.79 Å². The van der Waals surface area contributed by atoms with Crippen molar-refractivity contribution in [3.63, 3.8) is 0 Å².